The van der Waals surface area contributed by atoms with Gasteiger partial charge < -0.3 is 15.0 Å². The fourth-order valence-electron chi connectivity index (χ4n) is 3.41. The van der Waals surface area contributed by atoms with E-state index < -0.39 is 11.7 Å². The summed E-state index contributed by atoms with van der Waals surface area (Å²) < 4.78 is 42.9. The molecule has 0 saturated carbocycles. The minimum absolute atomic E-state index is 0.0822. The molecule has 1 aliphatic heterocycles. The zero-order valence-corrected chi connectivity index (χ0v) is 16.5. The van der Waals surface area contributed by atoms with E-state index in [-0.39, 0.29) is 24.3 Å². The predicted octanol–water partition coefficient (Wildman–Crippen LogP) is 3.88. The molecule has 2 aromatic carbocycles. The van der Waals surface area contributed by atoms with E-state index in [0.717, 1.165) is 12.1 Å². The van der Waals surface area contributed by atoms with Gasteiger partial charge in [0.2, 0.25) is 5.91 Å². The van der Waals surface area contributed by atoms with Gasteiger partial charge in [-0.2, -0.15) is 13.2 Å². The largest absolute Gasteiger partial charge is 0.497 e. The minimum atomic E-state index is -4.38. The monoisotopic (exact) mass is 420 g/mol. The number of rotatable bonds is 5. The summed E-state index contributed by atoms with van der Waals surface area (Å²) in [5.41, 5.74) is 0.455. The molecule has 5 nitrogen and oxygen atoms in total. The maximum atomic E-state index is 12.6. The Morgan fingerprint density at radius 1 is 1.03 bits per heavy atom. The third kappa shape index (κ3) is 5.31. The second kappa shape index (κ2) is 9.19. The molecule has 1 aliphatic rings. The molecule has 2 aromatic rings. The lowest BCUT2D eigenvalue weighted by Gasteiger charge is -2.31. The molecule has 0 radical (unpaired) electrons. The lowest BCUT2D eigenvalue weighted by atomic mass is 9.95. The van der Waals surface area contributed by atoms with Crippen LogP contribution in [0.15, 0.2) is 48.5 Å². The number of carbonyl (C=O) groups excluding carboxylic acids is 2. The van der Waals surface area contributed by atoms with E-state index in [2.05, 4.69) is 5.32 Å². The smallest absolute Gasteiger partial charge is 0.416 e. The van der Waals surface area contributed by atoms with Crippen molar-refractivity contribution in [1.82, 2.24) is 10.2 Å². The Morgan fingerprint density at radius 3 is 2.17 bits per heavy atom. The van der Waals surface area contributed by atoms with Crippen LogP contribution >= 0.6 is 0 Å². The SMILES string of the molecule is COc1ccc(C(=O)N2CCC(C(=O)NCc3ccc(C(F)(F)F)cc3)CC2)cc1. The average molecular weight is 420 g/mol. The van der Waals surface area contributed by atoms with Crippen molar-refractivity contribution in [3.63, 3.8) is 0 Å². The van der Waals surface area contributed by atoms with Gasteiger partial charge in [0.25, 0.3) is 5.91 Å². The highest BCUT2D eigenvalue weighted by Crippen LogP contribution is 2.29. The first-order valence-electron chi connectivity index (χ1n) is 9.65. The van der Waals surface area contributed by atoms with Crippen LogP contribution in [-0.4, -0.2) is 36.9 Å². The van der Waals surface area contributed by atoms with Gasteiger partial charge in [-0.3, -0.25) is 9.59 Å². The Hall–Kier alpha value is -3.03. The van der Waals surface area contributed by atoms with E-state index in [1.165, 1.54) is 12.1 Å². The second-order valence-electron chi connectivity index (χ2n) is 7.21. The molecule has 0 unspecified atom stereocenters. The fraction of sp³-hybridized carbons (Fsp3) is 0.364. The molecule has 0 aromatic heterocycles. The molecule has 1 saturated heterocycles. The van der Waals surface area contributed by atoms with E-state index in [9.17, 15) is 22.8 Å². The van der Waals surface area contributed by atoms with E-state index in [0.29, 0.717) is 42.8 Å². The third-order valence-corrected chi connectivity index (χ3v) is 5.24. The molecular formula is C22H23F3N2O3. The Bertz CT molecular complexity index is 872. The highest BCUT2D eigenvalue weighted by Gasteiger charge is 2.30. The molecule has 1 N–H and O–H groups in total. The topological polar surface area (TPSA) is 58.6 Å². The van der Waals surface area contributed by atoms with Gasteiger partial charge in [0.15, 0.2) is 0 Å². The first-order chi connectivity index (χ1) is 14.3. The standard InChI is InChI=1S/C22H23F3N2O3/c1-30-19-8-4-17(5-9-19)21(29)27-12-10-16(11-13-27)20(28)26-14-15-2-6-18(7-3-15)22(23,24)25/h2-9,16H,10-14H2,1H3,(H,26,28). The molecule has 2 amide bonds. The van der Waals surface area contributed by atoms with Crippen LogP contribution in [0.4, 0.5) is 13.2 Å². The number of hydrogen-bond acceptors (Lipinski definition) is 3. The number of hydrogen-bond donors (Lipinski definition) is 1. The number of nitrogens with zero attached hydrogens (tertiary/aromatic N) is 1. The molecule has 0 bridgehead atoms. The molecule has 160 valence electrons. The van der Waals surface area contributed by atoms with Crippen molar-refractivity contribution >= 4 is 11.8 Å². The quantitative estimate of drug-likeness (QED) is 0.799. The average Bonchev–Trinajstić information content (AvgIpc) is 2.77. The van der Waals surface area contributed by atoms with Gasteiger partial charge in [0, 0.05) is 31.1 Å². The first kappa shape index (κ1) is 21.7. The second-order valence-corrected chi connectivity index (χ2v) is 7.21. The number of piperidine rings is 1. The molecule has 8 heteroatoms. The van der Waals surface area contributed by atoms with Crippen LogP contribution in [0.1, 0.15) is 34.3 Å². The highest BCUT2D eigenvalue weighted by molar-refractivity contribution is 5.94. The Morgan fingerprint density at radius 2 is 1.63 bits per heavy atom. The molecule has 0 spiro atoms. The van der Waals surface area contributed by atoms with Gasteiger partial charge >= 0.3 is 6.18 Å². The van der Waals surface area contributed by atoms with E-state index in [1.807, 2.05) is 0 Å². The van der Waals surface area contributed by atoms with Crippen LogP contribution in [0.2, 0.25) is 0 Å². The number of carbonyl (C=O) groups is 2. The Kier molecular flexibility index (Phi) is 6.64. The van der Waals surface area contributed by atoms with Crippen molar-refractivity contribution in [1.29, 1.82) is 0 Å². The van der Waals surface area contributed by atoms with E-state index in [4.69, 9.17) is 4.74 Å². The Balaban J connectivity index is 1.47. The number of amides is 2. The van der Waals surface area contributed by atoms with Crippen molar-refractivity contribution in [3.8, 4) is 5.75 Å². The lowest BCUT2D eigenvalue weighted by molar-refractivity contribution is -0.137. The van der Waals surface area contributed by atoms with Gasteiger partial charge in [0.1, 0.15) is 5.75 Å². The van der Waals surface area contributed by atoms with Crippen molar-refractivity contribution < 1.29 is 27.5 Å². The number of likely N-dealkylation sites (tertiary alicyclic amines) is 1. The predicted molar refractivity (Wildman–Crippen MR) is 105 cm³/mol. The molecule has 0 atom stereocenters. The summed E-state index contributed by atoms with van der Waals surface area (Å²) in [5, 5.41) is 2.78. The first-order valence-corrected chi connectivity index (χ1v) is 9.65. The number of benzene rings is 2. The van der Waals surface area contributed by atoms with Crippen LogP contribution in [0, 0.1) is 5.92 Å². The summed E-state index contributed by atoms with van der Waals surface area (Å²) in [5.74, 6) is 0.224. The minimum Gasteiger partial charge on any atom is -0.497 e. The summed E-state index contributed by atoms with van der Waals surface area (Å²) in [4.78, 5) is 26.7. The maximum Gasteiger partial charge on any atom is 0.416 e. The highest BCUT2D eigenvalue weighted by atomic mass is 19.4. The maximum absolute atomic E-state index is 12.6. The van der Waals surface area contributed by atoms with Crippen molar-refractivity contribution in [3.05, 3.63) is 65.2 Å². The van der Waals surface area contributed by atoms with E-state index >= 15 is 0 Å². The zero-order chi connectivity index (χ0) is 21.7. The van der Waals surface area contributed by atoms with Crippen molar-refractivity contribution in [2.24, 2.45) is 5.92 Å². The molecule has 3 rings (SSSR count). The summed E-state index contributed by atoms with van der Waals surface area (Å²) in [7, 11) is 1.56. The number of alkyl halides is 3. The van der Waals surface area contributed by atoms with Crippen LogP contribution in [0.5, 0.6) is 5.75 Å². The lowest BCUT2D eigenvalue weighted by Crippen LogP contribution is -2.42. The summed E-state index contributed by atoms with van der Waals surface area (Å²) in [6.45, 7) is 1.12. The van der Waals surface area contributed by atoms with Crippen LogP contribution < -0.4 is 10.1 Å². The van der Waals surface area contributed by atoms with E-state index in [1.54, 1.807) is 36.3 Å². The summed E-state index contributed by atoms with van der Waals surface area (Å²) >= 11 is 0. The third-order valence-electron chi connectivity index (χ3n) is 5.24. The number of halogens is 3. The normalized spacial score (nSPS) is 15.0. The van der Waals surface area contributed by atoms with Gasteiger partial charge in [-0.25, -0.2) is 0 Å². The molecule has 1 fully saturated rings. The van der Waals surface area contributed by atoms with Gasteiger partial charge in [-0.15, -0.1) is 0 Å². The molecular weight excluding hydrogens is 397 g/mol. The van der Waals surface area contributed by atoms with Gasteiger partial charge in [-0.05, 0) is 54.8 Å². The summed E-state index contributed by atoms with van der Waals surface area (Å²) in [6, 6.07) is 11.6. The summed E-state index contributed by atoms with van der Waals surface area (Å²) in [6.07, 6.45) is -3.29. The van der Waals surface area contributed by atoms with Gasteiger partial charge in [-0.1, -0.05) is 12.1 Å². The van der Waals surface area contributed by atoms with Gasteiger partial charge in [0.05, 0.1) is 12.7 Å². The molecule has 0 aliphatic carbocycles. The van der Waals surface area contributed by atoms with Crippen molar-refractivity contribution in [2.75, 3.05) is 20.2 Å². The molecule has 30 heavy (non-hydrogen) atoms. The molecule has 1 heterocycles. The number of nitrogens with one attached hydrogen (secondary N) is 1. The van der Waals surface area contributed by atoms with Crippen molar-refractivity contribution in [2.45, 2.75) is 25.6 Å². The Labute approximate surface area is 172 Å². The van der Waals surface area contributed by atoms with Crippen LogP contribution in [0.3, 0.4) is 0 Å². The fourth-order valence-corrected chi connectivity index (χ4v) is 3.41. The van der Waals surface area contributed by atoms with Crippen LogP contribution in [0.25, 0.3) is 0 Å². The zero-order valence-electron chi connectivity index (χ0n) is 16.5. The number of methoxy groups -OCH3 is 1. The van der Waals surface area contributed by atoms with Crippen LogP contribution in [-0.2, 0) is 17.5 Å². The number of ether oxygens (including phenoxy) is 1.